The van der Waals surface area contributed by atoms with Crippen LogP contribution in [0.15, 0.2) is 65.2 Å². The van der Waals surface area contributed by atoms with Crippen molar-refractivity contribution in [1.29, 1.82) is 0 Å². The zero-order valence-corrected chi connectivity index (χ0v) is 19.2. The molecule has 1 N–H and O–H groups in total. The number of carbonyl (C=O) groups is 1. The van der Waals surface area contributed by atoms with Gasteiger partial charge in [0.2, 0.25) is 0 Å². The van der Waals surface area contributed by atoms with Crippen LogP contribution in [0, 0.1) is 6.92 Å². The lowest BCUT2D eigenvalue weighted by atomic mass is 10.1. The van der Waals surface area contributed by atoms with Gasteiger partial charge < -0.3 is 14.5 Å². The van der Waals surface area contributed by atoms with Crippen molar-refractivity contribution < 1.29 is 13.9 Å². The third-order valence-corrected chi connectivity index (χ3v) is 5.46. The number of aryl methyl sites for hydroxylation is 1. The minimum atomic E-state index is -0.417. The molecule has 0 aliphatic heterocycles. The van der Waals surface area contributed by atoms with E-state index in [9.17, 15) is 4.79 Å². The molecule has 4 rings (SSSR count). The third-order valence-electron chi connectivity index (χ3n) is 4.68. The summed E-state index contributed by atoms with van der Waals surface area (Å²) in [6, 6.07) is 16.1. The standard InChI is InChI=1S/C23H18Cl3N3O3/c1-14-4-2-3-5-15(14)12-29-9-8-21(28-29)27-23(30)20-7-6-17(32-20)13-31-22-18(25)10-16(24)11-19(22)26/h2-11H,12-13H2,1H3,(H,27,28,30). The average Bonchev–Trinajstić information content (AvgIpc) is 3.38. The molecule has 0 spiro atoms. The van der Waals surface area contributed by atoms with Crippen LogP contribution in [0.4, 0.5) is 5.82 Å². The topological polar surface area (TPSA) is 69.3 Å². The Morgan fingerprint density at radius 3 is 2.59 bits per heavy atom. The second kappa shape index (κ2) is 9.69. The SMILES string of the molecule is Cc1ccccc1Cn1ccc(NC(=O)c2ccc(COc3c(Cl)cc(Cl)cc3Cl)o2)n1. The minimum Gasteiger partial charge on any atom is -0.483 e. The third kappa shape index (κ3) is 5.27. The Kier molecular flexibility index (Phi) is 6.74. The van der Waals surface area contributed by atoms with E-state index in [-0.39, 0.29) is 22.4 Å². The Labute approximate surface area is 199 Å². The quantitative estimate of drug-likeness (QED) is 0.316. The van der Waals surface area contributed by atoms with E-state index in [4.69, 9.17) is 44.0 Å². The first kappa shape index (κ1) is 22.3. The van der Waals surface area contributed by atoms with Crippen LogP contribution >= 0.6 is 34.8 Å². The highest BCUT2D eigenvalue weighted by Crippen LogP contribution is 2.36. The van der Waals surface area contributed by atoms with Crippen LogP contribution in [0.5, 0.6) is 5.75 Å². The number of anilines is 1. The van der Waals surface area contributed by atoms with Crippen molar-refractivity contribution in [2.45, 2.75) is 20.1 Å². The number of rotatable bonds is 7. The van der Waals surface area contributed by atoms with Crippen molar-refractivity contribution in [3.63, 3.8) is 0 Å². The smallest absolute Gasteiger partial charge is 0.292 e. The second-order valence-corrected chi connectivity index (χ2v) is 8.28. The predicted octanol–water partition coefficient (Wildman–Crippen LogP) is 6.62. The summed E-state index contributed by atoms with van der Waals surface area (Å²) in [6.45, 7) is 2.70. The van der Waals surface area contributed by atoms with Gasteiger partial charge in [-0.1, -0.05) is 59.1 Å². The number of benzene rings is 2. The lowest BCUT2D eigenvalue weighted by Gasteiger charge is -2.09. The van der Waals surface area contributed by atoms with E-state index in [1.54, 1.807) is 22.9 Å². The second-order valence-electron chi connectivity index (χ2n) is 7.03. The Bertz CT molecular complexity index is 1240. The van der Waals surface area contributed by atoms with Gasteiger partial charge in [0.1, 0.15) is 12.4 Å². The van der Waals surface area contributed by atoms with E-state index >= 15 is 0 Å². The molecule has 0 aliphatic carbocycles. The predicted molar refractivity (Wildman–Crippen MR) is 125 cm³/mol. The Morgan fingerprint density at radius 2 is 1.84 bits per heavy atom. The van der Waals surface area contributed by atoms with Gasteiger partial charge in [-0.3, -0.25) is 9.48 Å². The summed E-state index contributed by atoms with van der Waals surface area (Å²) in [4.78, 5) is 12.5. The van der Waals surface area contributed by atoms with Crippen molar-refractivity contribution in [2.75, 3.05) is 5.32 Å². The van der Waals surface area contributed by atoms with Gasteiger partial charge in [0, 0.05) is 17.3 Å². The van der Waals surface area contributed by atoms with Gasteiger partial charge in [-0.15, -0.1) is 0 Å². The van der Waals surface area contributed by atoms with E-state index in [1.807, 2.05) is 24.4 Å². The maximum atomic E-state index is 12.5. The fourth-order valence-electron chi connectivity index (χ4n) is 3.04. The number of ether oxygens (including phenoxy) is 1. The van der Waals surface area contributed by atoms with Crippen LogP contribution in [0.3, 0.4) is 0 Å². The average molecular weight is 491 g/mol. The van der Waals surface area contributed by atoms with Gasteiger partial charge in [-0.05, 0) is 42.3 Å². The molecule has 0 unspecified atom stereocenters. The fraction of sp³-hybridized carbons (Fsp3) is 0.130. The van der Waals surface area contributed by atoms with Crippen LogP contribution in [-0.4, -0.2) is 15.7 Å². The summed E-state index contributed by atoms with van der Waals surface area (Å²) in [5.74, 6) is 0.865. The first-order valence-corrected chi connectivity index (χ1v) is 10.8. The maximum Gasteiger partial charge on any atom is 0.292 e. The number of halogens is 3. The Morgan fingerprint density at radius 1 is 1.09 bits per heavy atom. The molecule has 32 heavy (non-hydrogen) atoms. The molecular formula is C23H18Cl3N3O3. The van der Waals surface area contributed by atoms with Crippen LogP contribution in [0.2, 0.25) is 15.1 Å². The monoisotopic (exact) mass is 489 g/mol. The number of amides is 1. The van der Waals surface area contributed by atoms with Crippen molar-refractivity contribution >= 4 is 46.5 Å². The lowest BCUT2D eigenvalue weighted by molar-refractivity contribution is 0.0992. The van der Waals surface area contributed by atoms with Crippen LogP contribution < -0.4 is 10.1 Å². The summed E-state index contributed by atoms with van der Waals surface area (Å²) >= 11 is 18.1. The molecule has 0 aliphatic rings. The molecule has 0 saturated heterocycles. The lowest BCUT2D eigenvalue weighted by Crippen LogP contribution is -2.12. The number of nitrogens with zero attached hydrogens (tertiary/aromatic N) is 2. The highest BCUT2D eigenvalue weighted by molar-refractivity contribution is 6.40. The number of hydrogen-bond acceptors (Lipinski definition) is 4. The fourth-order valence-corrected chi connectivity index (χ4v) is 3.97. The van der Waals surface area contributed by atoms with Crippen molar-refractivity contribution in [3.05, 3.63) is 98.5 Å². The normalized spacial score (nSPS) is 10.9. The zero-order valence-electron chi connectivity index (χ0n) is 16.9. The van der Waals surface area contributed by atoms with E-state index in [1.165, 1.54) is 17.7 Å². The Hall–Kier alpha value is -2.93. The van der Waals surface area contributed by atoms with E-state index < -0.39 is 5.91 Å². The molecular weight excluding hydrogens is 473 g/mol. The van der Waals surface area contributed by atoms with Crippen LogP contribution in [-0.2, 0) is 13.2 Å². The first-order chi connectivity index (χ1) is 15.4. The molecule has 2 aromatic heterocycles. The molecule has 0 saturated carbocycles. The van der Waals surface area contributed by atoms with Crippen LogP contribution in [0.25, 0.3) is 0 Å². The molecule has 0 atom stereocenters. The first-order valence-electron chi connectivity index (χ1n) is 9.64. The number of nitrogens with one attached hydrogen (secondary N) is 1. The largest absolute Gasteiger partial charge is 0.483 e. The van der Waals surface area contributed by atoms with Gasteiger partial charge in [-0.2, -0.15) is 5.10 Å². The zero-order chi connectivity index (χ0) is 22.7. The minimum absolute atomic E-state index is 0.0411. The molecule has 6 nitrogen and oxygen atoms in total. The molecule has 0 bridgehead atoms. The maximum absolute atomic E-state index is 12.5. The van der Waals surface area contributed by atoms with E-state index in [0.717, 1.165) is 5.56 Å². The Balaban J connectivity index is 1.36. The molecule has 0 fully saturated rings. The molecule has 9 heteroatoms. The number of aromatic nitrogens is 2. The molecule has 2 heterocycles. The molecule has 4 aromatic rings. The highest BCUT2D eigenvalue weighted by Gasteiger charge is 2.15. The van der Waals surface area contributed by atoms with Crippen LogP contribution in [0.1, 0.15) is 27.4 Å². The van der Waals surface area contributed by atoms with Gasteiger partial charge in [-0.25, -0.2) is 0 Å². The number of furan rings is 1. The van der Waals surface area contributed by atoms with Gasteiger partial charge in [0.15, 0.2) is 17.3 Å². The van der Waals surface area contributed by atoms with E-state index in [0.29, 0.717) is 28.9 Å². The van der Waals surface area contributed by atoms with E-state index in [2.05, 4.69) is 23.4 Å². The summed E-state index contributed by atoms with van der Waals surface area (Å²) in [5, 5.41) is 8.11. The molecule has 1 amide bonds. The number of carbonyl (C=O) groups excluding carboxylic acids is 1. The molecule has 0 radical (unpaired) electrons. The van der Waals surface area contributed by atoms with Gasteiger partial charge in [0.25, 0.3) is 5.91 Å². The summed E-state index contributed by atoms with van der Waals surface area (Å²) < 4.78 is 13.0. The van der Waals surface area contributed by atoms with Crippen molar-refractivity contribution in [2.24, 2.45) is 0 Å². The molecule has 2 aromatic carbocycles. The van der Waals surface area contributed by atoms with Crippen molar-refractivity contribution in [1.82, 2.24) is 9.78 Å². The highest BCUT2D eigenvalue weighted by atomic mass is 35.5. The summed E-state index contributed by atoms with van der Waals surface area (Å²) in [5.41, 5.74) is 2.34. The van der Waals surface area contributed by atoms with Crippen molar-refractivity contribution in [3.8, 4) is 5.75 Å². The number of hydrogen-bond donors (Lipinski definition) is 1. The summed E-state index contributed by atoms with van der Waals surface area (Å²) in [6.07, 6.45) is 1.81. The summed E-state index contributed by atoms with van der Waals surface area (Å²) in [7, 11) is 0. The van der Waals surface area contributed by atoms with Gasteiger partial charge >= 0.3 is 0 Å². The molecule has 164 valence electrons. The van der Waals surface area contributed by atoms with Gasteiger partial charge in [0.05, 0.1) is 16.6 Å².